The number of hydrogen-bond donors (Lipinski definition) is 2. The van der Waals surface area contributed by atoms with Gasteiger partial charge < -0.3 is 0 Å². The molecule has 9 nitrogen and oxygen atoms in total. The summed E-state index contributed by atoms with van der Waals surface area (Å²) in [7, 11) is 0. The molecule has 122 valence electrons. The molecule has 3 aromatic rings. The number of halogens is 1. The summed E-state index contributed by atoms with van der Waals surface area (Å²) in [5, 5.41) is 27.5. The van der Waals surface area contributed by atoms with Crippen molar-refractivity contribution in [3.63, 3.8) is 0 Å². The van der Waals surface area contributed by atoms with Crippen molar-refractivity contribution in [3.05, 3.63) is 56.5 Å². The highest BCUT2D eigenvalue weighted by atomic mass is 79.9. The van der Waals surface area contributed by atoms with E-state index in [1.807, 2.05) is 29.7 Å². The first kappa shape index (κ1) is 16.0. The lowest BCUT2D eigenvalue weighted by Gasteiger charge is -2.05. The molecule has 0 aliphatic carbocycles. The molecular formula is C14H10BrN5O4. The molecule has 0 saturated carbocycles. The first-order chi connectivity index (χ1) is 11.6. The second-order valence-corrected chi connectivity index (χ2v) is 5.71. The summed E-state index contributed by atoms with van der Waals surface area (Å²) in [6, 6.07) is 10.2. The van der Waals surface area contributed by atoms with E-state index in [4.69, 9.17) is 0 Å². The van der Waals surface area contributed by atoms with Crippen LogP contribution >= 0.6 is 15.9 Å². The molecule has 0 aliphatic heterocycles. The fourth-order valence-corrected chi connectivity index (χ4v) is 2.39. The van der Waals surface area contributed by atoms with E-state index in [1.54, 1.807) is 0 Å². The first-order valence-electron chi connectivity index (χ1n) is 6.70. The topological polar surface area (TPSA) is 127 Å². The van der Waals surface area contributed by atoms with Crippen molar-refractivity contribution in [2.75, 3.05) is 0 Å². The molecule has 3 rings (SSSR count). The molecule has 0 saturated heterocycles. The summed E-state index contributed by atoms with van der Waals surface area (Å²) in [6.07, 6.45) is 0.327. The maximum Gasteiger partial charge on any atom is 0.300 e. The van der Waals surface area contributed by atoms with Gasteiger partial charge in [-0.25, -0.2) is 9.62 Å². The van der Waals surface area contributed by atoms with Crippen LogP contribution in [0, 0.1) is 10.1 Å². The van der Waals surface area contributed by atoms with Gasteiger partial charge in [0.1, 0.15) is 5.84 Å². The molecule has 1 heterocycles. The van der Waals surface area contributed by atoms with Crippen LogP contribution in [0.1, 0.15) is 5.56 Å². The molecule has 2 N–H and O–H groups in total. The maximum absolute atomic E-state index is 11.0. The minimum Gasteiger partial charge on any atom is -0.290 e. The number of amidine groups is 1. The molecule has 1 aromatic heterocycles. The van der Waals surface area contributed by atoms with Crippen molar-refractivity contribution in [1.29, 1.82) is 0 Å². The molecule has 0 fully saturated rings. The van der Waals surface area contributed by atoms with Crippen LogP contribution in [0.2, 0.25) is 0 Å². The van der Waals surface area contributed by atoms with Crippen LogP contribution in [0.15, 0.2) is 50.5 Å². The quantitative estimate of drug-likeness (QED) is 0.302. The summed E-state index contributed by atoms with van der Waals surface area (Å²) in [5.74, 6) is 0.246. The van der Waals surface area contributed by atoms with Crippen LogP contribution in [-0.4, -0.2) is 26.3 Å². The predicted molar refractivity (Wildman–Crippen MR) is 88.3 cm³/mol. The molecule has 0 bridgehead atoms. The fraction of sp³-hybridized carbons (Fsp3) is 0.0714. The van der Waals surface area contributed by atoms with E-state index in [1.165, 1.54) is 12.1 Å². The van der Waals surface area contributed by atoms with Crippen LogP contribution in [0.3, 0.4) is 0 Å². The maximum atomic E-state index is 11.0. The van der Waals surface area contributed by atoms with Crippen LogP contribution in [-0.2, 0) is 6.42 Å². The van der Waals surface area contributed by atoms with Gasteiger partial charge in [0.05, 0.1) is 10.6 Å². The number of hydrogen-bond acceptors (Lipinski definition) is 7. The van der Waals surface area contributed by atoms with Crippen LogP contribution in [0.25, 0.3) is 11.0 Å². The highest BCUT2D eigenvalue weighted by Crippen LogP contribution is 2.30. The Kier molecular flexibility index (Phi) is 4.49. The van der Waals surface area contributed by atoms with Crippen molar-refractivity contribution in [2.45, 2.75) is 6.42 Å². The van der Waals surface area contributed by atoms with E-state index in [2.05, 4.69) is 35.9 Å². The van der Waals surface area contributed by atoms with Crippen molar-refractivity contribution in [1.82, 2.24) is 15.8 Å². The van der Waals surface area contributed by atoms with Crippen molar-refractivity contribution >= 4 is 44.2 Å². The number of nitro groups is 1. The summed E-state index contributed by atoms with van der Waals surface area (Å²) in [5.41, 5.74) is 3.16. The molecule has 0 spiro atoms. The second kappa shape index (κ2) is 6.72. The van der Waals surface area contributed by atoms with Gasteiger partial charge in [-0.2, -0.15) is 0 Å². The SMILES string of the molecule is O=[N+]([O-])c1ccc(N=C(Cc2ccc(Br)cc2)NO)c2nonc12. The minimum atomic E-state index is -0.576. The van der Waals surface area contributed by atoms with E-state index in [0.29, 0.717) is 12.1 Å². The van der Waals surface area contributed by atoms with Crippen LogP contribution in [0.4, 0.5) is 11.4 Å². The van der Waals surface area contributed by atoms with Gasteiger partial charge in [0, 0.05) is 17.0 Å². The Bertz CT molecular complexity index is 923. The molecule has 24 heavy (non-hydrogen) atoms. The average Bonchev–Trinajstić information content (AvgIpc) is 3.06. The molecule has 0 radical (unpaired) electrons. The first-order valence-corrected chi connectivity index (χ1v) is 7.49. The van der Waals surface area contributed by atoms with Crippen molar-refractivity contribution in [2.24, 2.45) is 4.99 Å². The van der Waals surface area contributed by atoms with E-state index < -0.39 is 4.92 Å². The second-order valence-electron chi connectivity index (χ2n) is 4.80. The Hall–Kier alpha value is -2.85. The molecular weight excluding hydrogens is 382 g/mol. The van der Waals surface area contributed by atoms with E-state index >= 15 is 0 Å². The highest BCUT2D eigenvalue weighted by Gasteiger charge is 2.19. The summed E-state index contributed by atoms with van der Waals surface area (Å²) >= 11 is 3.35. The summed E-state index contributed by atoms with van der Waals surface area (Å²) in [4.78, 5) is 14.7. The van der Waals surface area contributed by atoms with Gasteiger partial charge in [-0.15, -0.1) is 0 Å². The van der Waals surface area contributed by atoms with Gasteiger partial charge >= 0.3 is 5.69 Å². The number of rotatable bonds is 4. The lowest BCUT2D eigenvalue weighted by atomic mass is 10.1. The minimum absolute atomic E-state index is 0.00202. The number of nitrogens with zero attached hydrogens (tertiary/aromatic N) is 4. The third-order valence-corrected chi connectivity index (χ3v) is 3.77. The van der Waals surface area contributed by atoms with Gasteiger partial charge in [-0.1, -0.05) is 28.1 Å². The zero-order valence-electron chi connectivity index (χ0n) is 12.0. The smallest absolute Gasteiger partial charge is 0.290 e. The lowest BCUT2D eigenvalue weighted by molar-refractivity contribution is -0.383. The fourth-order valence-electron chi connectivity index (χ4n) is 2.12. The number of aromatic nitrogens is 2. The predicted octanol–water partition coefficient (Wildman–Crippen LogP) is 3.15. The number of benzene rings is 2. The van der Waals surface area contributed by atoms with Crippen LogP contribution < -0.4 is 5.48 Å². The number of aliphatic imine (C=N–C) groups is 1. The monoisotopic (exact) mass is 391 g/mol. The average molecular weight is 392 g/mol. The summed E-state index contributed by atoms with van der Waals surface area (Å²) < 4.78 is 5.52. The number of hydroxylamine groups is 1. The number of nitrogens with one attached hydrogen (secondary N) is 1. The molecule has 10 heteroatoms. The molecule has 0 aliphatic rings. The van der Waals surface area contributed by atoms with E-state index in [0.717, 1.165) is 10.0 Å². The third-order valence-electron chi connectivity index (χ3n) is 3.24. The van der Waals surface area contributed by atoms with Gasteiger partial charge in [-0.05, 0) is 34.1 Å². The van der Waals surface area contributed by atoms with Gasteiger partial charge in [0.15, 0.2) is 5.52 Å². The Morgan fingerprint density at radius 3 is 2.62 bits per heavy atom. The highest BCUT2D eigenvalue weighted by molar-refractivity contribution is 9.10. The van der Waals surface area contributed by atoms with E-state index in [-0.39, 0.29) is 22.6 Å². The van der Waals surface area contributed by atoms with Crippen molar-refractivity contribution in [3.8, 4) is 0 Å². The Labute approximate surface area is 143 Å². The zero-order chi connectivity index (χ0) is 17.1. The Balaban J connectivity index is 1.98. The molecule has 0 atom stereocenters. The largest absolute Gasteiger partial charge is 0.300 e. The number of nitro benzene ring substituents is 1. The molecule has 2 aromatic carbocycles. The van der Waals surface area contributed by atoms with Gasteiger partial charge in [-0.3, -0.25) is 20.8 Å². The standard InChI is InChI=1S/C14H10BrN5O4/c15-9-3-1-8(2-4-9)7-12(17-21)16-10-5-6-11(20(22)23)14-13(10)18-24-19-14/h1-6,21H,7H2,(H,16,17). The van der Waals surface area contributed by atoms with Gasteiger partial charge in [0.2, 0.25) is 5.52 Å². The lowest BCUT2D eigenvalue weighted by Crippen LogP contribution is -2.21. The Morgan fingerprint density at radius 2 is 1.96 bits per heavy atom. The molecule has 0 amide bonds. The zero-order valence-corrected chi connectivity index (χ0v) is 13.6. The van der Waals surface area contributed by atoms with Crippen LogP contribution in [0.5, 0.6) is 0 Å². The number of fused-ring (bicyclic) bond motifs is 1. The molecule has 0 unspecified atom stereocenters. The normalized spacial score (nSPS) is 11.7. The van der Waals surface area contributed by atoms with Gasteiger partial charge in [0.25, 0.3) is 0 Å². The Morgan fingerprint density at radius 1 is 1.25 bits per heavy atom. The third kappa shape index (κ3) is 3.24. The summed E-state index contributed by atoms with van der Waals surface area (Å²) in [6.45, 7) is 0. The number of non-ortho nitro benzene ring substituents is 1. The van der Waals surface area contributed by atoms with E-state index in [9.17, 15) is 15.3 Å². The van der Waals surface area contributed by atoms with Crippen molar-refractivity contribution < 1.29 is 14.8 Å².